The van der Waals surface area contributed by atoms with Crippen molar-refractivity contribution >= 4 is 33.1 Å². The maximum atomic E-state index is 12.8. The maximum absolute atomic E-state index is 12.8. The molecule has 0 bridgehead atoms. The molecule has 1 fully saturated rings. The Labute approximate surface area is 163 Å². The average Bonchev–Trinajstić information content (AvgIpc) is 3.18. The number of aromatic nitrogens is 3. The van der Waals surface area contributed by atoms with Crippen LogP contribution < -0.4 is 10.2 Å². The molecule has 4 rings (SSSR count). The number of likely N-dealkylation sites (tertiary alicyclic amines) is 1. The van der Waals surface area contributed by atoms with Crippen molar-refractivity contribution in [3.63, 3.8) is 0 Å². The summed E-state index contributed by atoms with van der Waals surface area (Å²) in [7, 11) is 1.90. The van der Waals surface area contributed by atoms with Crippen LogP contribution in [0.2, 0.25) is 0 Å². The smallest absolute Gasteiger partial charge is 0.279 e. The van der Waals surface area contributed by atoms with Gasteiger partial charge >= 0.3 is 0 Å². The maximum Gasteiger partial charge on any atom is 0.279 e. The van der Waals surface area contributed by atoms with Crippen LogP contribution in [-0.2, 0) is 11.8 Å². The molecule has 1 saturated heterocycles. The fourth-order valence-electron chi connectivity index (χ4n) is 3.97. The number of amides is 1. The lowest BCUT2D eigenvalue weighted by atomic mass is 10.0. The molecule has 2 atom stereocenters. The molecule has 1 amide bonds. The highest BCUT2D eigenvalue weighted by atomic mass is 32.1. The third-order valence-electron chi connectivity index (χ3n) is 5.50. The predicted octanol–water partition coefficient (Wildman–Crippen LogP) is 2.40. The number of rotatable bonds is 4. The number of carbonyl (C=O) groups excluding carboxylic acids is 1. The molecule has 7 heteroatoms. The summed E-state index contributed by atoms with van der Waals surface area (Å²) < 4.78 is 3.03. The number of nitrogens with one attached hydrogen (secondary N) is 2. The van der Waals surface area contributed by atoms with Gasteiger partial charge in [-0.2, -0.15) is 5.10 Å². The zero-order valence-corrected chi connectivity index (χ0v) is 16.9. The van der Waals surface area contributed by atoms with Gasteiger partial charge in [0.2, 0.25) is 0 Å². The molecule has 3 heterocycles. The number of hydrogen-bond acceptors (Lipinski definition) is 4. The SMILES string of the molecule is Cc1nn(C)c(C)c1NC(=O)C[NH+]1CCCC[C@H]1c1nc2ccccc2s1. The molecule has 1 aromatic carbocycles. The van der Waals surface area contributed by atoms with E-state index in [-0.39, 0.29) is 5.91 Å². The number of fused-ring (bicyclic) bond motifs is 1. The average molecular weight is 385 g/mol. The topological polar surface area (TPSA) is 64.2 Å². The Balaban J connectivity index is 1.51. The molecule has 27 heavy (non-hydrogen) atoms. The first-order chi connectivity index (χ1) is 13.0. The summed E-state index contributed by atoms with van der Waals surface area (Å²) in [4.78, 5) is 18.9. The van der Waals surface area contributed by atoms with Crippen molar-refractivity contribution in [3.8, 4) is 0 Å². The fourth-order valence-corrected chi connectivity index (χ4v) is 5.13. The van der Waals surface area contributed by atoms with Gasteiger partial charge in [0.15, 0.2) is 11.6 Å². The van der Waals surface area contributed by atoms with Crippen molar-refractivity contribution in [2.45, 2.75) is 39.2 Å². The Kier molecular flexibility index (Phi) is 4.97. The molecule has 0 radical (unpaired) electrons. The number of para-hydroxylation sites is 1. The molecule has 6 nitrogen and oxygen atoms in total. The van der Waals surface area contributed by atoms with E-state index in [1.807, 2.05) is 31.6 Å². The fraction of sp³-hybridized carbons (Fsp3) is 0.450. The number of benzene rings is 1. The normalized spacial score (nSPS) is 20.1. The van der Waals surface area contributed by atoms with E-state index in [0.717, 1.165) is 47.0 Å². The van der Waals surface area contributed by atoms with Crippen LogP contribution >= 0.6 is 11.3 Å². The second-order valence-electron chi connectivity index (χ2n) is 7.37. The van der Waals surface area contributed by atoms with Gasteiger partial charge in [-0.25, -0.2) is 4.98 Å². The van der Waals surface area contributed by atoms with Crippen LogP contribution in [0.1, 0.15) is 41.7 Å². The van der Waals surface area contributed by atoms with E-state index in [4.69, 9.17) is 4.98 Å². The minimum absolute atomic E-state index is 0.0530. The molecule has 2 aromatic heterocycles. The van der Waals surface area contributed by atoms with Gasteiger partial charge < -0.3 is 10.2 Å². The van der Waals surface area contributed by atoms with Gasteiger partial charge in [0, 0.05) is 13.5 Å². The van der Waals surface area contributed by atoms with E-state index < -0.39 is 0 Å². The van der Waals surface area contributed by atoms with Crippen molar-refractivity contribution < 1.29 is 9.69 Å². The standard InChI is InChI=1S/C20H25N5OS/c1-13-19(14(2)24(3)23-13)22-18(26)12-25-11-7-6-9-16(25)20-21-15-8-4-5-10-17(15)27-20/h4-5,8,10,16H,6-7,9,11-12H2,1-3H3,(H,22,26)/p+1/t16-/m0/s1. The van der Waals surface area contributed by atoms with E-state index >= 15 is 0 Å². The summed E-state index contributed by atoms with van der Waals surface area (Å²) in [5.41, 5.74) is 3.75. The van der Waals surface area contributed by atoms with Crippen molar-refractivity contribution in [1.82, 2.24) is 14.8 Å². The first-order valence-corrected chi connectivity index (χ1v) is 10.3. The number of aryl methyl sites for hydroxylation is 2. The molecule has 3 aromatic rings. The molecule has 1 aliphatic heterocycles. The van der Waals surface area contributed by atoms with Crippen molar-refractivity contribution in [3.05, 3.63) is 40.7 Å². The largest absolute Gasteiger partial charge is 0.319 e. The highest BCUT2D eigenvalue weighted by Crippen LogP contribution is 2.28. The zero-order valence-electron chi connectivity index (χ0n) is 16.1. The predicted molar refractivity (Wildman–Crippen MR) is 108 cm³/mol. The highest BCUT2D eigenvalue weighted by Gasteiger charge is 2.32. The lowest BCUT2D eigenvalue weighted by Gasteiger charge is -2.30. The van der Waals surface area contributed by atoms with Gasteiger partial charge in [-0.1, -0.05) is 12.1 Å². The summed E-state index contributed by atoms with van der Waals surface area (Å²) >= 11 is 1.77. The Morgan fingerprint density at radius 1 is 1.33 bits per heavy atom. The molecular formula is C20H26N5OS+. The second kappa shape index (κ2) is 7.40. The number of carbonyl (C=O) groups is 1. The van der Waals surface area contributed by atoms with Gasteiger partial charge in [-0.05, 0) is 38.8 Å². The molecule has 1 unspecified atom stereocenters. The van der Waals surface area contributed by atoms with E-state index in [1.54, 1.807) is 11.3 Å². The van der Waals surface area contributed by atoms with Crippen LogP contribution in [0.4, 0.5) is 5.69 Å². The lowest BCUT2D eigenvalue weighted by Crippen LogP contribution is -3.14. The van der Waals surface area contributed by atoms with E-state index in [1.165, 1.54) is 16.0 Å². The number of hydrogen-bond donors (Lipinski definition) is 2. The third-order valence-corrected chi connectivity index (χ3v) is 6.65. The first kappa shape index (κ1) is 18.1. The third kappa shape index (κ3) is 3.61. The number of quaternary nitrogens is 1. The van der Waals surface area contributed by atoms with Crippen LogP contribution in [0.25, 0.3) is 10.2 Å². The molecule has 1 aliphatic rings. The summed E-state index contributed by atoms with van der Waals surface area (Å²) in [5.74, 6) is 0.0530. The highest BCUT2D eigenvalue weighted by molar-refractivity contribution is 7.18. The minimum Gasteiger partial charge on any atom is -0.319 e. The Morgan fingerprint density at radius 2 is 2.15 bits per heavy atom. The number of nitrogens with zero attached hydrogens (tertiary/aromatic N) is 3. The van der Waals surface area contributed by atoms with Crippen molar-refractivity contribution in [2.75, 3.05) is 18.4 Å². The molecule has 0 saturated carbocycles. The van der Waals surface area contributed by atoms with Gasteiger partial charge in [0.25, 0.3) is 5.91 Å². The molecule has 0 aliphatic carbocycles. The van der Waals surface area contributed by atoms with Gasteiger partial charge in [-0.3, -0.25) is 9.48 Å². The Morgan fingerprint density at radius 3 is 2.89 bits per heavy atom. The molecule has 0 spiro atoms. The summed E-state index contributed by atoms with van der Waals surface area (Å²) in [5, 5.41) is 8.63. The monoisotopic (exact) mass is 384 g/mol. The summed E-state index contributed by atoms with van der Waals surface area (Å²) in [6, 6.07) is 8.58. The molecular weight excluding hydrogens is 358 g/mol. The van der Waals surface area contributed by atoms with E-state index in [2.05, 4.69) is 28.6 Å². The van der Waals surface area contributed by atoms with Crippen LogP contribution in [0.3, 0.4) is 0 Å². The molecule has 2 N–H and O–H groups in total. The van der Waals surface area contributed by atoms with E-state index in [0.29, 0.717) is 12.6 Å². The number of anilines is 1. The quantitative estimate of drug-likeness (QED) is 0.726. The first-order valence-electron chi connectivity index (χ1n) is 9.53. The number of piperidine rings is 1. The van der Waals surface area contributed by atoms with Gasteiger partial charge in [-0.15, -0.1) is 11.3 Å². The Hall–Kier alpha value is -2.25. The van der Waals surface area contributed by atoms with Crippen molar-refractivity contribution in [1.29, 1.82) is 0 Å². The lowest BCUT2D eigenvalue weighted by molar-refractivity contribution is -0.929. The number of thiazole rings is 1. The van der Waals surface area contributed by atoms with E-state index in [9.17, 15) is 4.79 Å². The minimum atomic E-state index is 0.0530. The van der Waals surface area contributed by atoms with Crippen LogP contribution in [-0.4, -0.2) is 33.8 Å². The summed E-state index contributed by atoms with van der Waals surface area (Å²) in [6.45, 7) is 5.39. The van der Waals surface area contributed by atoms with Gasteiger partial charge in [0.1, 0.15) is 6.04 Å². The van der Waals surface area contributed by atoms with Crippen molar-refractivity contribution in [2.24, 2.45) is 7.05 Å². The second-order valence-corrected chi connectivity index (χ2v) is 8.43. The summed E-state index contributed by atoms with van der Waals surface area (Å²) in [6.07, 6.45) is 3.45. The Bertz CT molecular complexity index is 943. The van der Waals surface area contributed by atoms with Crippen LogP contribution in [0.15, 0.2) is 24.3 Å². The van der Waals surface area contributed by atoms with Gasteiger partial charge in [0.05, 0.1) is 33.8 Å². The van der Waals surface area contributed by atoms with Crippen LogP contribution in [0.5, 0.6) is 0 Å². The molecule has 142 valence electrons. The zero-order chi connectivity index (χ0) is 19.0. The van der Waals surface area contributed by atoms with Crippen LogP contribution in [0, 0.1) is 13.8 Å².